The summed E-state index contributed by atoms with van der Waals surface area (Å²) < 4.78 is 41.0. The molecule has 0 N–H and O–H groups in total. The lowest BCUT2D eigenvalue weighted by atomic mass is 9.77. The Kier molecular flexibility index (Phi) is 8.63. The van der Waals surface area contributed by atoms with E-state index in [1.54, 1.807) is 6.07 Å². The van der Waals surface area contributed by atoms with Gasteiger partial charge in [0, 0.05) is 6.92 Å². The monoisotopic (exact) mass is 430 g/mol. The number of benzene rings is 2. The molecule has 1 aliphatic rings. The van der Waals surface area contributed by atoms with Gasteiger partial charge in [0.15, 0.2) is 0 Å². The Morgan fingerprint density at radius 1 is 0.806 bits per heavy atom. The van der Waals surface area contributed by atoms with Gasteiger partial charge in [-0.1, -0.05) is 82.2 Å². The average molecular weight is 431 g/mol. The molecule has 0 radical (unpaired) electrons. The summed E-state index contributed by atoms with van der Waals surface area (Å²) in [6.45, 7) is 2.99. The van der Waals surface area contributed by atoms with Crippen LogP contribution in [0.15, 0.2) is 42.5 Å². The summed E-state index contributed by atoms with van der Waals surface area (Å²) in [4.78, 5) is 0. The molecule has 0 bridgehead atoms. The van der Waals surface area contributed by atoms with Crippen LogP contribution in [-0.4, -0.2) is 0 Å². The summed E-state index contributed by atoms with van der Waals surface area (Å²) in [5.41, 5.74) is 2.30. The van der Waals surface area contributed by atoms with E-state index in [9.17, 15) is 13.2 Å². The largest absolute Gasteiger partial charge is 0.273 e. The van der Waals surface area contributed by atoms with Gasteiger partial charge in [-0.05, 0) is 66.3 Å². The summed E-state index contributed by atoms with van der Waals surface area (Å²) in [6.07, 6.45) is 14.7. The van der Waals surface area contributed by atoms with Gasteiger partial charge < -0.3 is 0 Å². The molecule has 0 nitrogen and oxygen atoms in total. The molecule has 2 aromatic rings. The molecule has 0 unspecified atom stereocenters. The Bertz CT molecular complexity index is 796. The van der Waals surface area contributed by atoms with Crippen molar-refractivity contribution in [2.45, 2.75) is 96.3 Å². The van der Waals surface area contributed by atoms with Gasteiger partial charge in [0.1, 0.15) is 5.82 Å². The summed E-state index contributed by atoms with van der Waals surface area (Å²) >= 11 is 0. The quantitative estimate of drug-likeness (QED) is 0.329. The minimum Gasteiger partial charge on any atom is -0.206 e. The normalized spacial score (nSPS) is 19.5. The maximum absolute atomic E-state index is 14.1. The van der Waals surface area contributed by atoms with E-state index in [2.05, 4.69) is 19.1 Å². The number of rotatable bonds is 10. The lowest BCUT2D eigenvalue weighted by Crippen LogP contribution is -2.13. The van der Waals surface area contributed by atoms with Gasteiger partial charge in [-0.15, -0.1) is 0 Å². The van der Waals surface area contributed by atoms with Gasteiger partial charge in [-0.2, -0.15) is 0 Å². The molecular formula is C28H37F3. The predicted octanol–water partition coefficient (Wildman–Crippen LogP) is 9.63. The third-order valence-corrected chi connectivity index (χ3v) is 6.97. The lowest BCUT2D eigenvalue weighted by Gasteiger charge is -2.29. The second-order valence-electron chi connectivity index (χ2n) is 9.48. The molecule has 1 aliphatic carbocycles. The highest BCUT2D eigenvalue weighted by Crippen LogP contribution is 2.38. The highest BCUT2D eigenvalue weighted by atomic mass is 19.3. The van der Waals surface area contributed by atoms with E-state index in [1.165, 1.54) is 88.3 Å². The molecule has 0 heterocycles. The third-order valence-electron chi connectivity index (χ3n) is 6.97. The smallest absolute Gasteiger partial charge is 0.206 e. The number of halogens is 3. The molecule has 0 saturated heterocycles. The van der Waals surface area contributed by atoms with E-state index in [1.807, 2.05) is 12.1 Å². The van der Waals surface area contributed by atoms with E-state index in [4.69, 9.17) is 0 Å². The van der Waals surface area contributed by atoms with Crippen molar-refractivity contribution >= 4 is 0 Å². The third kappa shape index (κ3) is 6.85. The van der Waals surface area contributed by atoms with Gasteiger partial charge in [0.25, 0.3) is 5.92 Å². The van der Waals surface area contributed by atoms with Crippen molar-refractivity contribution in [1.29, 1.82) is 0 Å². The molecule has 0 aliphatic heterocycles. The Hall–Kier alpha value is -1.77. The van der Waals surface area contributed by atoms with Crippen LogP contribution in [0.2, 0.25) is 0 Å². The highest BCUT2D eigenvalue weighted by molar-refractivity contribution is 5.64. The van der Waals surface area contributed by atoms with Crippen molar-refractivity contribution in [1.82, 2.24) is 0 Å². The minimum absolute atomic E-state index is 0.550. The zero-order valence-electron chi connectivity index (χ0n) is 19.1. The Morgan fingerprint density at radius 2 is 1.42 bits per heavy atom. The first-order valence-electron chi connectivity index (χ1n) is 12.2. The second-order valence-corrected chi connectivity index (χ2v) is 9.48. The first kappa shape index (κ1) is 23.9. The molecule has 0 aromatic heterocycles. The van der Waals surface area contributed by atoms with Crippen molar-refractivity contribution in [2.24, 2.45) is 5.92 Å². The van der Waals surface area contributed by atoms with E-state index in [-0.39, 0.29) is 0 Å². The zero-order chi connectivity index (χ0) is 22.3. The van der Waals surface area contributed by atoms with Crippen LogP contribution < -0.4 is 0 Å². The van der Waals surface area contributed by atoms with E-state index >= 15 is 0 Å². The van der Waals surface area contributed by atoms with Crippen LogP contribution in [0.25, 0.3) is 11.1 Å². The summed E-state index contributed by atoms with van der Waals surface area (Å²) in [5.74, 6) is -2.52. The molecular weight excluding hydrogens is 393 g/mol. The summed E-state index contributed by atoms with van der Waals surface area (Å²) in [6, 6.07) is 12.3. The van der Waals surface area contributed by atoms with Crippen molar-refractivity contribution in [3.63, 3.8) is 0 Å². The molecule has 3 heteroatoms. The van der Waals surface area contributed by atoms with Crippen LogP contribution in [-0.2, 0) is 5.92 Å². The van der Waals surface area contributed by atoms with Gasteiger partial charge in [0.05, 0.1) is 5.56 Å². The van der Waals surface area contributed by atoms with Crippen LogP contribution >= 0.6 is 0 Å². The predicted molar refractivity (Wildman–Crippen MR) is 124 cm³/mol. The highest BCUT2D eigenvalue weighted by Gasteiger charge is 2.28. The van der Waals surface area contributed by atoms with Crippen molar-refractivity contribution in [2.75, 3.05) is 0 Å². The Morgan fingerprint density at radius 3 is 2.03 bits per heavy atom. The number of hydrogen-bond donors (Lipinski definition) is 0. The number of alkyl halides is 2. The van der Waals surface area contributed by atoms with Gasteiger partial charge in [-0.3, -0.25) is 0 Å². The van der Waals surface area contributed by atoms with Crippen LogP contribution in [0.4, 0.5) is 13.2 Å². The molecule has 0 amide bonds. The van der Waals surface area contributed by atoms with E-state index in [0.717, 1.165) is 18.4 Å². The molecule has 31 heavy (non-hydrogen) atoms. The molecule has 1 saturated carbocycles. The van der Waals surface area contributed by atoms with Crippen LogP contribution in [0, 0.1) is 11.7 Å². The standard InChI is InChI=1S/C28H37F3/c1-3-4-5-6-7-8-9-21-10-12-22(13-11-21)23-14-16-24(17-15-23)25-18-19-26(27(29)20-25)28(2,30)31/h14-22H,3-13H2,1-2H3/t21-,22-. The van der Waals surface area contributed by atoms with E-state index in [0.29, 0.717) is 11.5 Å². The zero-order valence-corrected chi connectivity index (χ0v) is 19.1. The molecule has 170 valence electrons. The Balaban J connectivity index is 1.49. The number of unbranched alkanes of at least 4 members (excludes halogenated alkanes) is 5. The Labute approximate surface area is 186 Å². The van der Waals surface area contributed by atoms with Crippen molar-refractivity contribution in [3.05, 3.63) is 59.4 Å². The van der Waals surface area contributed by atoms with Crippen LogP contribution in [0.5, 0.6) is 0 Å². The van der Waals surface area contributed by atoms with Gasteiger partial charge in [0.2, 0.25) is 0 Å². The van der Waals surface area contributed by atoms with Gasteiger partial charge in [-0.25, -0.2) is 13.2 Å². The maximum atomic E-state index is 14.1. The fourth-order valence-electron chi connectivity index (χ4n) is 5.00. The number of hydrogen-bond acceptors (Lipinski definition) is 0. The lowest BCUT2D eigenvalue weighted by molar-refractivity contribution is 0.0138. The fraction of sp³-hybridized carbons (Fsp3) is 0.571. The molecule has 0 spiro atoms. The fourth-order valence-corrected chi connectivity index (χ4v) is 5.00. The van der Waals surface area contributed by atoms with Gasteiger partial charge >= 0.3 is 0 Å². The van der Waals surface area contributed by atoms with Crippen molar-refractivity contribution in [3.8, 4) is 11.1 Å². The van der Waals surface area contributed by atoms with Crippen molar-refractivity contribution < 1.29 is 13.2 Å². The van der Waals surface area contributed by atoms with Crippen LogP contribution in [0.1, 0.15) is 102 Å². The van der Waals surface area contributed by atoms with E-state index < -0.39 is 17.3 Å². The topological polar surface area (TPSA) is 0 Å². The molecule has 2 aromatic carbocycles. The average Bonchev–Trinajstić information content (AvgIpc) is 2.76. The molecule has 0 atom stereocenters. The van der Waals surface area contributed by atoms with Crippen LogP contribution in [0.3, 0.4) is 0 Å². The minimum atomic E-state index is -3.17. The molecule has 1 fully saturated rings. The first-order valence-corrected chi connectivity index (χ1v) is 12.2. The molecule has 3 rings (SSSR count). The summed E-state index contributed by atoms with van der Waals surface area (Å²) in [5, 5.41) is 0. The second kappa shape index (κ2) is 11.2. The maximum Gasteiger partial charge on any atom is 0.273 e. The first-order chi connectivity index (χ1) is 14.9. The SMILES string of the molecule is CCCCCCCC[C@H]1CC[C@H](c2ccc(-c3ccc(C(C)(F)F)c(F)c3)cc2)CC1. The summed E-state index contributed by atoms with van der Waals surface area (Å²) in [7, 11) is 0.